The minimum absolute atomic E-state index is 0.333. The fourth-order valence-corrected chi connectivity index (χ4v) is 3.37. The maximum atomic E-state index is 9.37. The summed E-state index contributed by atoms with van der Waals surface area (Å²) >= 11 is 0. The number of phenols is 1. The molecule has 1 aromatic rings. The first kappa shape index (κ1) is 14.2. The summed E-state index contributed by atoms with van der Waals surface area (Å²) in [5, 5.41) is 12.7. The lowest BCUT2D eigenvalue weighted by Gasteiger charge is -2.40. The van der Waals surface area contributed by atoms with Gasteiger partial charge in [0.25, 0.3) is 0 Å². The molecule has 1 fully saturated rings. The molecule has 1 aliphatic rings. The van der Waals surface area contributed by atoms with E-state index in [-0.39, 0.29) is 0 Å². The fraction of sp³-hybridized carbons (Fsp3) is 0.625. The van der Waals surface area contributed by atoms with E-state index < -0.39 is 0 Å². The van der Waals surface area contributed by atoms with Crippen molar-refractivity contribution in [2.75, 3.05) is 32.1 Å². The summed E-state index contributed by atoms with van der Waals surface area (Å²) in [4.78, 5) is 2.32. The van der Waals surface area contributed by atoms with Crippen LogP contribution in [0, 0.1) is 5.41 Å². The maximum absolute atomic E-state index is 9.37. The third kappa shape index (κ3) is 3.63. The molecule has 0 atom stereocenters. The fourth-order valence-electron chi connectivity index (χ4n) is 3.37. The number of phenolic OH excluding ortho intramolecular Hbond substituents is 1. The van der Waals surface area contributed by atoms with Crippen molar-refractivity contribution in [2.24, 2.45) is 5.41 Å². The zero-order valence-corrected chi connectivity index (χ0v) is 12.2. The first-order valence-corrected chi connectivity index (χ1v) is 7.30. The largest absolute Gasteiger partial charge is 0.508 e. The van der Waals surface area contributed by atoms with Gasteiger partial charge in [-0.2, -0.15) is 0 Å². The number of aromatic hydroxyl groups is 1. The second-order valence-electron chi connectivity index (χ2n) is 5.96. The van der Waals surface area contributed by atoms with Gasteiger partial charge >= 0.3 is 0 Å². The van der Waals surface area contributed by atoms with E-state index in [0.29, 0.717) is 11.2 Å². The molecule has 0 saturated heterocycles. The molecule has 0 aliphatic heterocycles. The van der Waals surface area contributed by atoms with Gasteiger partial charge in [0.2, 0.25) is 0 Å². The van der Waals surface area contributed by atoms with E-state index in [4.69, 9.17) is 0 Å². The van der Waals surface area contributed by atoms with Crippen LogP contribution in [0.5, 0.6) is 5.75 Å². The van der Waals surface area contributed by atoms with Crippen molar-refractivity contribution in [2.45, 2.75) is 32.1 Å². The molecule has 1 aromatic carbocycles. The molecule has 19 heavy (non-hydrogen) atoms. The van der Waals surface area contributed by atoms with Gasteiger partial charge in [-0.1, -0.05) is 19.3 Å². The zero-order chi connectivity index (χ0) is 13.7. The van der Waals surface area contributed by atoms with E-state index in [1.165, 1.54) is 37.8 Å². The molecule has 0 spiro atoms. The van der Waals surface area contributed by atoms with Crippen LogP contribution in [0.3, 0.4) is 0 Å². The highest BCUT2D eigenvalue weighted by molar-refractivity contribution is 5.48. The SMILES string of the molecule is CNCC1(CN(C)c2ccc(O)cc2)CCCCC1. The molecular formula is C16H26N2O. The molecular weight excluding hydrogens is 236 g/mol. The van der Waals surface area contributed by atoms with Crippen LogP contribution in [0.15, 0.2) is 24.3 Å². The Morgan fingerprint density at radius 2 is 1.79 bits per heavy atom. The van der Waals surface area contributed by atoms with Crippen molar-refractivity contribution in [3.8, 4) is 5.75 Å². The second-order valence-corrected chi connectivity index (χ2v) is 5.96. The lowest BCUT2D eigenvalue weighted by atomic mass is 9.73. The van der Waals surface area contributed by atoms with Crippen LogP contribution in [-0.4, -0.2) is 32.3 Å². The van der Waals surface area contributed by atoms with Crippen LogP contribution in [0.4, 0.5) is 5.69 Å². The van der Waals surface area contributed by atoms with Gasteiger partial charge < -0.3 is 15.3 Å². The van der Waals surface area contributed by atoms with Crippen molar-refractivity contribution in [3.05, 3.63) is 24.3 Å². The predicted octanol–water partition coefficient (Wildman–Crippen LogP) is 3.00. The van der Waals surface area contributed by atoms with E-state index in [0.717, 1.165) is 13.1 Å². The van der Waals surface area contributed by atoms with Gasteiger partial charge in [0.1, 0.15) is 5.75 Å². The molecule has 3 heteroatoms. The van der Waals surface area contributed by atoms with Gasteiger partial charge in [0, 0.05) is 31.2 Å². The predicted molar refractivity (Wildman–Crippen MR) is 80.8 cm³/mol. The minimum Gasteiger partial charge on any atom is -0.508 e. The van der Waals surface area contributed by atoms with E-state index in [1.807, 2.05) is 12.1 Å². The van der Waals surface area contributed by atoms with Crippen LogP contribution in [0.25, 0.3) is 0 Å². The highest BCUT2D eigenvalue weighted by Gasteiger charge is 2.32. The molecule has 2 rings (SSSR count). The number of hydrogen-bond acceptors (Lipinski definition) is 3. The van der Waals surface area contributed by atoms with Gasteiger partial charge in [0.05, 0.1) is 0 Å². The highest BCUT2D eigenvalue weighted by atomic mass is 16.3. The van der Waals surface area contributed by atoms with Crippen molar-refractivity contribution >= 4 is 5.69 Å². The summed E-state index contributed by atoms with van der Waals surface area (Å²) in [7, 11) is 4.20. The third-order valence-corrected chi connectivity index (χ3v) is 4.33. The Balaban J connectivity index is 2.05. The van der Waals surface area contributed by atoms with Gasteiger partial charge in [-0.15, -0.1) is 0 Å². The highest BCUT2D eigenvalue weighted by Crippen LogP contribution is 2.37. The summed E-state index contributed by atoms with van der Waals surface area (Å²) < 4.78 is 0. The number of nitrogens with zero attached hydrogens (tertiary/aromatic N) is 1. The van der Waals surface area contributed by atoms with Crippen LogP contribution >= 0.6 is 0 Å². The maximum Gasteiger partial charge on any atom is 0.115 e. The average molecular weight is 262 g/mol. The van der Waals surface area contributed by atoms with Crippen LogP contribution in [0.1, 0.15) is 32.1 Å². The summed E-state index contributed by atoms with van der Waals surface area (Å²) in [6.45, 7) is 2.17. The van der Waals surface area contributed by atoms with Crippen LogP contribution in [0.2, 0.25) is 0 Å². The first-order valence-electron chi connectivity index (χ1n) is 7.30. The van der Waals surface area contributed by atoms with Crippen molar-refractivity contribution in [1.29, 1.82) is 0 Å². The molecule has 1 aliphatic carbocycles. The number of nitrogens with one attached hydrogen (secondary N) is 1. The average Bonchev–Trinajstić information content (AvgIpc) is 2.40. The summed E-state index contributed by atoms with van der Waals surface area (Å²) in [6, 6.07) is 7.51. The van der Waals surface area contributed by atoms with E-state index >= 15 is 0 Å². The minimum atomic E-state index is 0.333. The quantitative estimate of drug-likeness (QED) is 0.856. The number of hydrogen-bond donors (Lipinski definition) is 2. The molecule has 0 heterocycles. The van der Waals surface area contributed by atoms with E-state index in [1.54, 1.807) is 12.1 Å². The van der Waals surface area contributed by atoms with Crippen molar-refractivity contribution in [1.82, 2.24) is 5.32 Å². The zero-order valence-electron chi connectivity index (χ0n) is 12.2. The van der Waals surface area contributed by atoms with E-state index in [9.17, 15) is 5.11 Å². The molecule has 0 unspecified atom stereocenters. The third-order valence-electron chi connectivity index (χ3n) is 4.33. The molecule has 0 aromatic heterocycles. The number of anilines is 1. The summed E-state index contributed by atoms with van der Waals surface area (Å²) in [6.07, 6.45) is 6.72. The van der Waals surface area contributed by atoms with Gasteiger partial charge in [-0.3, -0.25) is 0 Å². The second kappa shape index (κ2) is 6.29. The van der Waals surface area contributed by atoms with Crippen LogP contribution in [-0.2, 0) is 0 Å². The Hall–Kier alpha value is -1.22. The Morgan fingerprint density at radius 1 is 1.16 bits per heavy atom. The molecule has 0 radical (unpaired) electrons. The molecule has 2 N–H and O–H groups in total. The number of benzene rings is 1. The summed E-state index contributed by atoms with van der Waals surface area (Å²) in [5.41, 5.74) is 1.58. The van der Waals surface area contributed by atoms with Gasteiger partial charge in [0.15, 0.2) is 0 Å². The molecule has 106 valence electrons. The molecule has 0 amide bonds. The first-order chi connectivity index (χ1) is 9.15. The standard InChI is InChI=1S/C16H26N2O/c1-17-12-16(10-4-3-5-11-16)13-18(2)14-6-8-15(19)9-7-14/h6-9,17,19H,3-5,10-13H2,1-2H3. The van der Waals surface area contributed by atoms with Crippen molar-refractivity contribution in [3.63, 3.8) is 0 Å². The monoisotopic (exact) mass is 262 g/mol. The van der Waals surface area contributed by atoms with Crippen molar-refractivity contribution < 1.29 is 5.11 Å². The van der Waals surface area contributed by atoms with Gasteiger partial charge in [-0.05, 0) is 44.2 Å². The van der Waals surface area contributed by atoms with Crippen LogP contribution < -0.4 is 10.2 Å². The smallest absolute Gasteiger partial charge is 0.115 e. The molecule has 3 nitrogen and oxygen atoms in total. The molecule has 1 saturated carbocycles. The lowest BCUT2D eigenvalue weighted by molar-refractivity contribution is 0.193. The Morgan fingerprint density at radius 3 is 2.37 bits per heavy atom. The lowest BCUT2D eigenvalue weighted by Crippen LogP contribution is -2.43. The van der Waals surface area contributed by atoms with Gasteiger partial charge in [-0.25, -0.2) is 0 Å². The topological polar surface area (TPSA) is 35.5 Å². The Kier molecular flexibility index (Phi) is 4.70. The Bertz CT molecular complexity index is 377. The molecule has 0 bridgehead atoms. The van der Waals surface area contributed by atoms with E-state index in [2.05, 4.69) is 24.3 Å². The normalized spacial score (nSPS) is 18.2. The summed E-state index contributed by atoms with van der Waals surface area (Å²) in [5.74, 6) is 0.333. The number of rotatable bonds is 5. The Labute approximate surface area is 116 Å².